The van der Waals surface area contributed by atoms with Gasteiger partial charge in [0.2, 0.25) is 0 Å². The third-order valence-corrected chi connectivity index (χ3v) is 4.45. The van der Waals surface area contributed by atoms with Crippen molar-refractivity contribution in [3.05, 3.63) is 34.9 Å². The molecule has 0 saturated carbocycles. The molecule has 0 aliphatic heterocycles. The zero-order valence-corrected chi connectivity index (χ0v) is 15.1. The molecule has 1 N–H and O–H groups in total. The largest absolute Gasteiger partial charge is 0.411 e. The Morgan fingerprint density at radius 3 is 2.29 bits per heavy atom. The van der Waals surface area contributed by atoms with Crippen molar-refractivity contribution >= 4 is 5.71 Å². The molecule has 0 bridgehead atoms. The van der Waals surface area contributed by atoms with Crippen molar-refractivity contribution in [2.45, 2.75) is 73.6 Å². The number of hydrogen-bond donors (Lipinski definition) is 1. The van der Waals surface area contributed by atoms with Gasteiger partial charge in [-0.05, 0) is 53.9 Å². The van der Waals surface area contributed by atoms with Gasteiger partial charge >= 0.3 is 0 Å². The molecular formula is C19H33NO. The summed E-state index contributed by atoms with van der Waals surface area (Å²) in [6, 6.07) is 6.45. The summed E-state index contributed by atoms with van der Waals surface area (Å²) >= 11 is 0. The van der Waals surface area contributed by atoms with Crippen molar-refractivity contribution in [1.82, 2.24) is 0 Å². The lowest BCUT2D eigenvalue weighted by atomic mass is 9.66. The van der Waals surface area contributed by atoms with Crippen LogP contribution in [-0.4, -0.2) is 10.9 Å². The molecule has 0 saturated heterocycles. The maximum absolute atomic E-state index is 8.82. The monoisotopic (exact) mass is 291 g/mol. The van der Waals surface area contributed by atoms with Crippen LogP contribution in [0.1, 0.15) is 78.5 Å². The maximum Gasteiger partial charge on any atom is 0.0837 e. The minimum Gasteiger partial charge on any atom is -0.411 e. The van der Waals surface area contributed by atoms with Crippen molar-refractivity contribution in [3.63, 3.8) is 0 Å². The van der Waals surface area contributed by atoms with Crippen molar-refractivity contribution < 1.29 is 5.21 Å². The van der Waals surface area contributed by atoms with Gasteiger partial charge in [-0.15, -0.1) is 0 Å². The van der Waals surface area contributed by atoms with Crippen molar-refractivity contribution in [3.8, 4) is 0 Å². The standard InChI is InChI=1S/C15H21NO.2C2H6/c1-10-5-6-13-9-12(11(2)16-17)7-8-14(13)15(10,3)4;2*1-2/h7-10,17H,5-6H2,1-4H3;2*1-2H3/b16-11+;;. The lowest BCUT2D eigenvalue weighted by Crippen LogP contribution is -2.32. The molecule has 0 aromatic heterocycles. The fraction of sp³-hybridized carbons (Fsp3) is 0.632. The smallest absolute Gasteiger partial charge is 0.0837 e. The van der Waals surface area contributed by atoms with Gasteiger partial charge in [0.15, 0.2) is 0 Å². The molecule has 1 aliphatic carbocycles. The van der Waals surface area contributed by atoms with E-state index in [2.05, 4.69) is 44.1 Å². The van der Waals surface area contributed by atoms with E-state index in [1.807, 2.05) is 34.6 Å². The highest BCUT2D eigenvalue weighted by Gasteiger charge is 2.33. The van der Waals surface area contributed by atoms with Gasteiger partial charge in [0.1, 0.15) is 0 Å². The Morgan fingerprint density at radius 2 is 1.76 bits per heavy atom. The second-order valence-electron chi connectivity index (χ2n) is 5.72. The van der Waals surface area contributed by atoms with Crippen molar-refractivity contribution in [2.24, 2.45) is 11.1 Å². The molecule has 21 heavy (non-hydrogen) atoms. The Morgan fingerprint density at radius 1 is 1.19 bits per heavy atom. The van der Waals surface area contributed by atoms with Gasteiger partial charge < -0.3 is 5.21 Å². The molecule has 1 aliphatic rings. The summed E-state index contributed by atoms with van der Waals surface area (Å²) < 4.78 is 0. The van der Waals surface area contributed by atoms with E-state index in [1.165, 1.54) is 17.5 Å². The Labute approximate surface area is 131 Å². The summed E-state index contributed by atoms with van der Waals surface area (Å²) in [7, 11) is 0. The van der Waals surface area contributed by atoms with Crippen LogP contribution in [0, 0.1) is 5.92 Å². The molecule has 1 atom stereocenters. The first-order valence-corrected chi connectivity index (χ1v) is 8.29. The van der Waals surface area contributed by atoms with Crippen LogP contribution >= 0.6 is 0 Å². The molecule has 2 heteroatoms. The zero-order chi connectivity index (χ0) is 16.6. The van der Waals surface area contributed by atoms with E-state index in [0.717, 1.165) is 12.0 Å². The quantitative estimate of drug-likeness (QED) is 0.396. The van der Waals surface area contributed by atoms with Gasteiger partial charge in [-0.25, -0.2) is 0 Å². The Bertz CT molecular complexity index is 461. The third kappa shape index (κ3) is 4.33. The SMILES string of the molecule is C/C(=N\O)c1ccc2c(c1)CCC(C)C2(C)C.CC.CC. The molecule has 0 heterocycles. The molecule has 120 valence electrons. The minimum atomic E-state index is 0.246. The highest BCUT2D eigenvalue weighted by atomic mass is 16.4. The van der Waals surface area contributed by atoms with Crippen LogP contribution in [0.4, 0.5) is 0 Å². The minimum absolute atomic E-state index is 0.246. The lowest BCUT2D eigenvalue weighted by molar-refractivity contribution is 0.302. The van der Waals surface area contributed by atoms with E-state index in [-0.39, 0.29) is 5.41 Å². The molecule has 1 aromatic rings. The first kappa shape index (κ1) is 19.7. The van der Waals surface area contributed by atoms with E-state index in [1.54, 1.807) is 0 Å². The van der Waals surface area contributed by atoms with Gasteiger partial charge in [0.25, 0.3) is 0 Å². The summed E-state index contributed by atoms with van der Waals surface area (Å²) in [6.07, 6.45) is 2.37. The number of nitrogens with zero attached hydrogens (tertiary/aromatic N) is 1. The van der Waals surface area contributed by atoms with Crippen LogP contribution in [0.15, 0.2) is 23.4 Å². The fourth-order valence-electron chi connectivity index (χ4n) is 2.71. The van der Waals surface area contributed by atoms with E-state index in [9.17, 15) is 0 Å². The Balaban J connectivity index is 0.000000921. The van der Waals surface area contributed by atoms with Gasteiger partial charge in [0, 0.05) is 0 Å². The average molecular weight is 291 g/mol. The Hall–Kier alpha value is -1.31. The molecule has 0 radical (unpaired) electrons. The number of oxime groups is 1. The zero-order valence-electron chi connectivity index (χ0n) is 15.1. The molecule has 2 rings (SSSR count). The Kier molecular flexibility index (Phi) is 8.31. The molecule has 0 amide bonds. The summed E-state index contributed by atoms with van der Waals surface area (Å²) in [5.41, 5.74) is 4.82. The predicted octanol–water partition coefficient (Wildman–Crippen LogP) is 5.80. The number of aryl methyl sites for hydroxylation is 1. The summed E-state index contributed by atoms with van der Waals surface area (Å²) in [4.78, 5) is 0. The van der Waals surface area contributed by atoms with Gasteiger partial charge in [0.05, 0.1) is 5.71 Å². The summed E-state index contributed by atoms with van der Waals surface area (Å²) in [5.74, 6) is 0.716. The normalized spacial score (nSPS) is 19.4. The van der Waals surface area contributed by atoms with E-state index in [4.69, 9.17) is 5.21 Å². The van der Waals surface area contributed by atoms with E-state index < -0.39 is 0 Å². The number of hydrogen-bond acceptors (Lipinski definition) is 2. The number of rotatable bonds is 1. The fourth-order valence-corrected chi connectivity index (χ4v) is 2.71. The maximum atomic E-state index is 8.82. The van der Waals surface area contributed by atoms with Crippen LogP contribution < -0.4 is 0 Å². The second-order valence-corrected chi connectivity index (χ2v) is 5.72. The van der Waals surface area contributed by atoms with Gasteiger partial charge in [-0.1, -0.05) is 65.8 Å². The van der Waals surface area contributed by atoms with Crippen LogP contribution in [0.25, 0.3) is 0 Å². The first-order chi connectivity index (χ1) is 9.96. The second kappa shape index (κ2) is 8.86. The predicted molar refractivity (Wildman–Crippen MR) is 93.6 cm³/mol. The van der Waals surface area contributed by atoms with E-state index >= 15 is 0 Å². The average Bonchev–Trinajstić information content (AvgIpc) is 2.54. The van der Waals surface area contributed by atoms with Gasteiger partial charge in [-0.2, -0.15) is 0 Å². The van der Waals surface area contributed by atoms with Crippen LogP contribution in [0.2, 0.25) is 0 Å². The lowest BCUT2D eigenvalue weighted by Gasteiger charge is -2.38. The van der Waals surface area contributed by atoms with Crippen LogP contribution in [0.3, 0.4) is 0 Å². The van der Waals surface area contributed by atoms with Crippen LogP contribution in [0.5, 0.6) is 0 Å². The highest BCUT2D eigenvalue weighted by molar-refractivity contribution is 5.98. The molecule has 0 spiro atoms. The molecular weight excluding hydrogens is 258 g/mol. The van der Waals surface area contributed by atoms with Crippen molar-refractivity contribution in [2.75, 3.05) is 0 Å². The third-order valence-electron chi connectivity index (χ3n) is 4.45. The number of fused-ring (bicyclic) bond motifs is 1. The van der Waals surface area contributed by atoms with Crippen LogP contribution in [-0.2, 0) is 11.8 Å². The number of benzene rings is 1. The first-order valence-electron chi connectivity index (χ1n) is 8.29. The van der Waals surface area contributed by atoms with Gasteiger partial charge in [-0.3, -0.25) is 0 Å². The molecule has 1 aromatic carbocycles. The molecule has 1 unspecified atom stereocenters. The molecule has 0 fully saturated rings. The highest BCUT2D eigenvalue weighted by Crippen LogP contribution is 2.41. The summed E-state index contributed by atoms with van der Waals surface area (Å²) in [5, 5.41) is 12.1. The summed E-state index contributed by atoms with van der Waals surface area (Å²) in [6.45, 7) is 16.8. The molecule has 2 nitrogen and oxygen atoms in total. The topological polar surface area (TPSA) is 32.6 Å². The van der Waals surface area contributed by atoms with Crippen molar-refractivity contribution in [1.29, 1.82) is 0 Å². The van der Waals surface area contributed by atoms with E-state index in [0.29, 0.717) is 11.6 Å².